The molecule has 0 unspecified atom stereocenters. The molecule has 2 aromatic carbocycles. The number of aryl methyl sites for hydroxylation is 2. The first kappa shape index (κ1) is 16.3. The highest BCUT2D eigenvalue weighted by atomic mass is 35.5. The van der Waals surface area contributed by atoms with Crippen molar-refractivity contribution in [2.45, 2.75) is 18.7 Å². The van der Waals surface area contributed by atoms with Gasteiger partial charge in [0, 0.05) is 11.3 Å². The van der Waals surface area contributed by atoms with Crippen LogP contribution in [-0.2, 0) is 10.0 Å². The summed E-state index contributed by atoms with van der Waals surface area (Å²) < 4.78 is 27.3. The summed E-state index contributed by atoms with van der Waals surface area (Å²) in [6, 6.07) is 9.06. The summed E-state index contributed by atoms with van der Waals surface area (Å²) in [6.07, 6.45) is 0. The van der Waals surface area contributed by atoms with Crippen molar-refractivity contribution in [3.05, 3.63) is 58.1 Å². The maximum atomic E-state index is 12.4. The summed E-state index contributed by atoms with van der Waals surface area (Å²) in [7, 11) is -3.92. The highest BCUT2D eigenvalue weighted by Crippen LogP contribution is 2.25. The summed E-state index contributed by atoms with van der Waals surface area (Å²) in [5.41, 5.74) is 7.67. The Morgan fingerprint density at radius 1 is 1.09 bits per heavy atom. The zero-order valence-corrected chi connectivity index (χ0v) is 13.6. The number of halogens is 1. The van der Waals surface area contributed by atoms with Crippen molar-refractivity contribution >= 4 is 33.2 Å². The van der Waals surface area contributed by atoms with Crippen molar-refractivity contribution in [2.75, 3.05) is 4.72 Å². The number of nitrogens with one attached hydrogen (secondary N) is 1. The van der Waals surface area contributed by atoms with Crippen LogP contribution in [0, 0.1) is 13.8 Å². The average molecular weight is 339 g/mol. The van der Waals surface area contributed by atoms with Crippen LogP contribution in [0.5, 0.6) is 0 Å². The molecule has 0 bridgehead atoms. The van der Waals surface area contributed by atoms with E-state index in [1.807, 2.05) is 19.9 Å². The van der Waals surface area contributed by atoms with Gasteiger partial charge >= 0.3 is 0 Å². The first-order valence-electron chi connectivity index (χ1n) is 6.40. The Balaban J connectivity index is 2.44. The van der Waals surface area contributed by atoms with Crippen molar-refractivity contribution in [2.24, 2.45) is 5.73 Å². The normalized spacial score (nSPS) is 11.2. The van der Waals surface area contributed by atoms with E-state index in [1.54, 1.807) is 12.1 Å². The summed E-state index contributed by atoms with van der Waals surface area (Å²) in [4.78, 5) is 11.0. The van der Waals surface area contributed by atoms with Crippen molar-refractivity contribution in [1.29, 1.82) is 0 Å². The molecule has 116 valence electrons. The minimum atomic E-state index is -3.92. The fourth-order valence-corrected chi connectivity index (χ4v) is 3.45. The molecule has 1 amide bonds. The first-order valence-corrected chi connectivity index (χ1v) is 8.26. The molecule has 0 aliphatic heterocycles. The number of rotatable bonds is 4. The van der Waals surface area contributed by atoms with Gasteiger partial charge in [0.05, 0.1) is 5.02 Å². The molecule has 0 aromatic heterocycles. The van der Waals surface area contributed by atoms with Crippen LogP contribution in [0.3, 0.4) is 0 Å². The lowest BCUT2D eigenvalue weighted by atomic mass is 10.1. The molecule has 0 atom stereocenters. The fourth-order valence-electron chi connectivity index (χ4n) is 1.88. The van der Waals surface area contributed by atoms with Gasteiger partial charge in [0.1, 0.15) is 4.90 Å². The van der Waals surface area contributed by atoms with Crippen LogP contribution in [0.1, 0.15) is 21.5 Å². The maximum absolute atomic E-state index is 12.4. The Kier molecular flexibility index (Phi) is 4.44. The minimum absolute atomic E-state index is 0.0151. The predicted molar refractivity (Wildman–Crippen MR) is 86.7 cm³/mol. The number of hydrogen-bond donors (Lipinski definition) is 2. The summed E-state index contributed by atoms with van der Waals surface area (Å²) >= 11 is 5.94. The van der Waals surface area contributed by atoms with Crippen molar-refractivity contribution in [3.63, 3.8) is 0 Å². The topological polar surface area (TPSA) is 89.3 Å². The third-order valence-corrected chi connectivity index (χ3v) is 5.13. The molecule has 0 saturated heterocycles. The van der Waals surface area contributed by atoms with Crippen LogP contribution < -0.4 is 10.5 Å². The second-order valence-corrected chi connectivity index (χ2v) is 6.97. The number of nitrogens with two attached hydrogens (primary N) is 1. The van der Waals surface area contributed by atoms with E-state index in [1.165, 1.54) is 12.1 Å². The zero-order valence-electron chi connectivity index (χ0n) is 12.1. The smallest absolute Gasteiger partial charge is 0.263 e. The Hall–Kier alpha value is -2.05. The molecule has 0 saturated carbocycles. The van der Waals surface area contributed by atoms with E-state index >= 15 is 0 Å². The Labute approximate surface area is 134 Å². The number of sulfonamides is 1. The lowest BCUT2D eigenvalue weighted by Gasteiger charge is -2.11. The molecule has 5 nitrogen and oxygen atoms in total. The van der Waals surface area contributed by atoms with E-state index in [0.717, 1.165) is 17.2 Å². The minimum Gasteiger partial charge on any atom is -0.366 e. The molecule has 0 heterocycles. The van der Waals surface area contributed by atoms with E-state index in [0.29, 0.717) is 5.69 Å². The Morgan fingerprint density at radius 3 is 2.36 bits per heavy atom. The van der Waals surface area contributed by atoms with Crippen LogP contribution in [-0.4, -0.2) is 14.3 Å². The van der Waals surface area contributed by atoms with Gasteiger partial charge in [0.15, 0.2) is 0 Å². The Bertz CT molecular complexity index is 848. The molecule has 0 spiro atoms. The van der Waals surface area contributed by atoms with E-state index in [2.05, 4.69) is 4.72 Å². The lowest BCUT2D eigenvalue weighted by molar-refractivity contribution is 0.1000. The summed E-state index contributed by atoms with van der Waals surface area (Å²) in [6.45, 7) is 3.81. The van der Waals surface area contributed by atoms with Gasteiger partial charge < -0.3 is 5.73 Å². The van der Waals surface area contributed by atoms with Crippen LogP contribution in [0.4, 0.5) is 5.69 Å². The van der Waals surface area contributed by atoms with Crippen molar-refractivity contribution < 1.29 is 13.2 Å². The van der Waals surface area contributed by atoms with Gasteiger partial charge in [-0.3, -0.25) is 9.52 Å². The zero-order chi connectivity index (χ0) is 16.5. The molecule has 0 fully saturated rings. The number of carbonyl (C=O) groups is 1. The van der Waals surface area contributed by atoms with Crippen molar-refractivity contribution in [3.8, 4) is 0 Å². The second kappa shape index (κ2) is 5.98. The van der Waals surface area contributed by atoms with Gasteiger partial charge in [-0.05, 0) is 55.3 Å². The highest BCUT2D eigenvalue weighted by Gasteiger charge is 2.20. The van der Waals surface area contributed by atoms with E-state index in [4.69, 9.17) is 17.3 Å². The van der Waals surface area contributed by atoms with E-state index in [9.17, 15) is 13.2 Å². The standard InChI is InChI=1S/C15H15ClN2O3S/c1-9-3-5-12(7-10(9)2)18-22(20,21)14-8-11(15(17)19)4-6-13(14)16/h3-8,18H,1-2H3,(H2,17,19). The average Bonchev–Trinajstić information content (AvgIpc) is 2.42. The van der Waals surface area contributed by atoms with Gasteiger partial charge in [0.2, 0.25) is 5.91 Å². The molecular formula is C15H15ClN2O3S. The third-order valence-electron chi connectivity index (χ3n) is 3.26. The molecule has 2 aromatic rings. The second-order valence-electron chi connectivity index (χ2n) is 4.91. The highest BCUT2D eigenvalue weighted by molar-refractivity contribution is 7.92. The van der Waals surface area contributed by atoms with Gasteiger partial charge in [-0.15, -0.1) is 0 Å². The molecular weight excluding hydrogens is 324 g/mol. The molecule has 0 aliphatic carbocycles. The quantitative estimate of drug-likeness (QED) is 0.898. The van der Waals surface area contributed by atoms with Crippen LogP contribution in [0.2, 0.25) is 5.02 Å². The molecule has 0 radical (unpaired) electrons. The SMILES string of the molecule is Cc1ccc(NS(=O)(=O)c2cc(C(N)=O)ccc2Cl)cc1C. The van der Waals surface area contributed by atoms with Gasteiger partial charge in [-0.1, -0.05) is 17.7 Å². The first-order chi connectivity index (χ1) is 10.2. The number of benzene rings is 2. The number of carbonyl (C=O) groups excluding carboxylic acids is 1. The number of hydrogen-bond acceptors (Lipinski definition) is 3. The fraction of sp³-hybridized carbons (Fsp3) is 0.133. The van der Waals surface area contributed by atoms with E-state index in [-0.39, 0.29) is 15.5 Å². The molecule has 3 N–H and O–H groups in total. The van der Waals surface area contributed by atoms with Crippen molar-refractivity contribution in [1.82, 2.24) is 0 Å². The third kappa shape index (κ3) is 3.40. The summed E-state index contributed by atoms with van der Waals surface area (Å²) in [5, 5.41) is 0.0151. The predicted octanol–water partition coefficient (Wildman–Crippen LogP) is 2.86. The van der Waals surface area contributed by atoms with Gasteiger partial charge in [0.25, 0.3) is 10.0 Å². The number of anilines is 1. The van der Waals surface area contributed by atoms with Crippen LogP contribution in [0.25, 0.3) is 0 Å². The Morgan fingerprint density at radius 2 is 1.77 bits per heavy atom. The van der Waals surface area contributed by atoms with Crippen LogP contribution >= 0.6 is 11.6 Å². The monoisotopic (exact) mass is 338 g/mol. The molecule has 22 heavy (non-hydrogen) atoms. The molecule has 7 heteroatoms. The number of primary amides is 1. The number of amides is 1. The maximum Gasteiger partial charge on any atom is 0.263 e. The lowest BCUT2D eigenvalue weighted by Crippen LogP contribution is -2.16. The van der Waals surface area contributed by atoms with E-state index < -0.39 is 15.9 Å². The van der Waals surface area contributed by atoms with Crippen LogP contribution in [0.15, 0.2) is 41.3 Å². The molecule has 2 rings (SSSR count). The van der Waals surface area contributed by atoms with Gasteiger partial charge in [-0.25, -0.2) is 8.42 Å². The van der Waals surface area contributed by atoms with Gasteiger partial charge in [-0.2, -0.15) is 0 Å². The summed E-state index contributed by atoms with van der Waals surface area (Å²) in [5.74, 6) is -0.723. The largest absolute Gasteiger partial charge is 0.366 e. The molecule has 0 aliphatic rings.